The molecule has 4 aliphatic carbocycles. The van der Waals surface area contributed by atoms with Gasteiger partial charge in [0.25, 0.3) is 5.69 Å². The van der Waals surface area contributed by atoms with E-state index in [0.717, 1.165) is 53.7 Å². The maximum Gasteiger partial charge on any atom is 0.269 e. The van der Waals surface area contributed by atoms with Crippen molar-refractivity contribution < 1.29 is 9.66 Å². The van der Waals surface area contributed by atoms with Crippen LogP contribution in [0.4, 0.5) is 5.69 Å². The summed E-state index contributed by atoms with van der Waals surface area (Å²) in [5, 5.41) is 21.1. The Bertz CT molecular complexity index is 1410. The van der Waals surface area contributed by atoms with Gasteiger partial charge >= 0.3 is 0 Å². The summed E-state index contributed by atoms with van der Waals surface area (Å²) in [4.78, 5) is 16.0. The number of fused-ring (bicyclic) bond motifs is 2. The molecule has 2 aromatic carbocycles. The molecule has 3 aromatic rings. The standard InChI is InChI=1S/C28H28N4O3/c1-16-5-6-22-23(7-16)35-27-25(24(22)20-3-2-4-21(11-20)32(33)34)26(29)31(15-30-27)28-12-17-8-18(13-28)10-19(9-17)14-28/h2-7,11,15,17-19,24,29H,8-10,12-14H2,1H3. The number of ether oxygens (including phenoxy) is 1. The Kier molecular flexibility index (Phi) is 4.33. The van der Waals surface area contributed by atoms with E-state index in [1.54, 1.807) is 12.1 Å². The molecule has 4 saturated carbocycles. The van der Waals surface area contributed by atoms with Crippen LogP contribution in [0.5, 0.6) is 11.6 Å². The number of rotatable bonds is 3. The summed E-state index contributed by atoms with van der Waals surface area (Å²) in [5.41, 5.74) is 3.91. The Morgan fingerprint density at radius 1 is 1.09 bits per heavy atom. The Morgan fingerprint density at radius 3 is 2.49 bits per heavy atom. The lowest BCUT2D eigenvalue weighted by Gasteiger charge is -2.57. The van der Waals surface area contributed by atoms with E-state index in [-0.39, 0.29) is 22.1 Å². The van der Waals surface area contributed by atoms with E-state index in [4.69, 9.17) is 9.72 Å². The summed E-state index contributed by atoms with van der Waals surface area (Å²) >= 11 is 0. The monoisotopic (exact) mass is 468 g/mol. The lowest BCUT2D eigenvalue weighted by atomic mass is 9.53. The molecule has 35 heavy (non-hydrogen) atoms. The van der Waals surface area contributed by atoms with Gasteiger partial charge in [0.15, 0.2) is 0 Å². The third kappa shape index (κ3) is 3.10. The summed E-state index contributed by atoms with van der Waals surface area (Å²) in [5.74, 6) is 3.03. The molecule has 1 unspecified atom stereocenters. The van der Waals surface area contributed by atoms with Gasteiger partial charge in [-0.05, 0) is 80.4 Å². The van der Waals surface area contributed by atoms with E-state index in [1.165, 1.54) is 25.3 Å². The molecule has 0 saturated heterocycles. The fraction of sp³-hybridized carbons (Fsp3) is 0.429. The number of nitro groups is 1. The number of benzene rings is 2. The molecule has 178 valence electrons. The van der Waals surface area contributed by atoms with E-state index in [0.29, 0.717) is 22.7 Å². The number of non-ortho nitro benzene ring substituents is 1. The predicted molar refractivity (Wildman–Crippen MR) is 130 cm³/mol. The van der Waals surface area contributed by atoms with E-state index >= 15 is 0 Å². The average Bonchev–Trinajstić information content (AvgIpc) is 2.82. The fourth-order valence-corrected chi connectivity index (χ4v) is 7.92. The van der Waals surface area contributed by atoms with Gasteiger partial charge in [0.1, 0.15) is 17.6 Å². The summed E-state index contributed by atoms with van der Waals surface area (Å²) in [6, 6.07) is 12.8. The van der Waals surface area contributed by atoms with Crippen LogP contribution in [-0.4, -0.2) is 14.5 Å². The topological polar surface area (TPSA) is 94.0 Å². The zero-order valence-electron chi connectivity index (χ0n) is 19.7. The summed E-state index contributed by atoms with van der Waals surface area (Å²) in [6.07, 6.45) is 9.18. The molecule has 0 radical (unpaired) electrons. The summed E-state index contributed by atoms with van der Waals surface area (Å²) in [6.45, 7) is 2.01. The number of nitrogens with zero attached hydrogens (tertiary/aromatic N) is 3. The van der Waals surface area contributed by atoms with Crippen LogP contribution in [0.25, 0.3) is 0 Å². The number of nitrogens with one attached hydrogen (secondary N) is 1. The minimum atomic E-state index is -0.361. The van der Waals surface area contributed by atoms with Crippen molar-refractivity contribution in [2.24, 2.45) is 17.8 Å². The first-order valence-corrected chi connectivity index (χ1v) is 12.6. The number of nitro benzene ring substituents is 1. The highest BCUT2D eigenvalue weighted by atomic mass is 16.6. The molecule has 5 aliphatic rings. The van der Waals surface area contributed by atoms with E-state index in [1.807, 2.05) is 37.5 Å². The molecule has 7 heteroatoms. The van der Waals surface area contributed by atoms with Crippen molar-refractivity contribution in [3.63, 3.8) is 0 Å². The minimum Gasteiger partial charge on any atom is -0.438 e. The predicted octanol–water partition coefficient (Wildman–Crippen LogP) is 5.79. The van der Waals surface area contributed by atoms with Crippen LogP contribution < -0.4 is 10.2 Å². The fourth-order valence-electron chi connectivity index (χ4n) is 7.92. The van der Waals surface area contributed by atoms with Gasteiger partial charge in [-0.1, -0.05) is 24.3 Å². The lowest BCUT2D eigenvalue weighted by molar-refractivity contribution is -0.384. The van der Waals surface area contributed by atoms with Crippen LogP contribution in [0.2, 0.25) is 0 Å². The van der Waals surface area contributed by atoms with Crippen LogP contribution in [0.3, 0.4) is 0 Å². The van der Waals surface area contributed by atoms with Gasteiger partial charge in [0, 0.05) is 29.2 Å². The normalized spacial score (nSPS) is 29.9. The van der Waals surface area contributed by atoms with Gasteiger partial charge in [0.05, 0.1) is 10.5 Å². The molecule has 4 fully saturated rings. The van der Waals surface area contributed by atoms with Gasteiger partial charge in [-0.3, -0.25) is 15.5 Å². The number of hydrogen-bond donors (Lipinski definition) is 1. The van der Waals surface area contributed by atoms with Crippen LogP contribution in [0.1, 0.15) is 66.7 Å². The molecule has 1 aromatic heterocycles. The third-order valence-corrected chi connectivity index (χ3v) is 8.92. The zero-order chi connectivity index (χ0) is 23.9. The first kappa shape index (κ1) is 20.9. The molecule has 4 bridgehead atoms. The summed E-state index contributed by atoms with van der Waals surface area (Å²) in [7, 11) is 0. The average molecular weight is 469 g/mol. The number of hydrogen-bond acceptors (Lipinski definition) is 5. The highest BCUT2D eigenvalue weighted by molar-refractivity contribution is 5.57. The van der Waals surface area contributed by atoms with Crippen LogP contribution >= 0.6 is 0 Å². The molecule has 8 rings (SSSR count). The van der Waals surface area contributed by atoms with Crippen molar-refractivity contribution in [2.45, 2.75) is 56.9 Å². The molecule has 7 nitrogen and oxygen atoms in total. The molecular weight excluding hydrogens is 440 g/mol. The second kappa shape index (κ2) is 7.26. The molecule has 1 atom stereocenters. The quantitative estimate of drug-likeness (QED) is 0.304. The molecule has 0 amide bonds. The van der Waals surface area contributed by atoms with Crippen molar-refractivity contribution in [1.82, 2.24) is 9.55 Å². The van der Waals surface area contributed by atoms with Crippen molar-refractivity contribution in [1.29, 1.82) is 5.41 Å². The smallest absolute Gasteiger partial charge is 0.269 e. The molecule has 2 heterocycles. The number of aromatic nitrogens is 2. The van der Waals surface area contributed by atoms with Crippen molar-refractivity contribution >= 4 is 5.69 Å². The molecule has 0 spiro atoms. The maximum absolute atomic E-state index is 11.6. The van der Waals surface area contributed by atoms with Crippen LogP contribution in [0.15, 0.2) is 48.8 Å². The van der Waals surface area contributed by atoms with Gasteiger partial charge in [-0.15, -0.1) is 0 Å². The van der Waals surface area contributed by atoms with E-state index in [2.05, 4.69) is 4.57 Å². The Balaban J connectivity index is 1.43. The first-order chi connectivity index (χ1) is 16.9. The Labute approximate surface area is 203 Å². The van der Waals surface area contributed by atoms with Crippen molar-refractivity contribution in [3.8, 4) is 11.6 Å². The third-order valence-electron chi connectivity index (χ3n) is 8.92. The molecule has 1 N–H and O–H groups in total. The lowest BCUT2D eigenvalue weighted by Crippen LogP contribution is -2.55. The second-order valence-corrected chi connectivity index (χ2v) is 11.3. The largest absolute Gasteiger partial charge is 0.438 e. The van der Waals surface area contributed by atoms with E-state index in [9.17, 15) is 15.5 Å². The number of aryl methyl sites for hydroxylation is 1. The second-order valence-electron chi connectivity index (χ2n) is 11.3. The van der Waals surface area contributed by atoms with Crippen molar-refractivity contribution in [3.05, 3.63) is 86.6 Å². The Morgan fingerprint density at radius 2 is 1.80 bits per heavy atom. The summed E-state index contributed by atoms with van der Waals surface area (Å²) < 4.78 is 8.41. The van der Waals surface area contributed by atoms with Gasteiger partial charge < -0.3 is 9.30 Å². The molecular formula is C28H28N4O3. The van der Waals surface area contributed by atoms with Crippen LogP contribution in [0, 0.1) is 40.2 Å². The van der Waals surface area contributed by atoms with Crippen molar-refractivity contribution in [2.75, 3.05) is 0 Å². The highest BCUT2D eigenvalue weighted by Gasteiger charge is 2.52. The Hall–Kier alpha value is -3.48. The highest BCUT2D eigenvalue weighted by Crippen LogP contribution is 2.58. The molecule has 1 aliphatic heterocycles. The zero-order valence-corrected chi connectivity index (χ0v) is 19.7. The van der Waals surface area contributed by atoms with E-state index < -0.39 is 0 Å². The minimum absolute atomic E-state index is 0.0470. The van der Waals surface area contributed by atoms with Crippen LogP contribution in [-0.2, 0) is 5.54 Å². The van der Waals surface area contributed by atoms with Gasteiger partial charge in [-0.25, -0.2) is 4.98 Å². The maximum atomic E-state index is 11.6. The van der Waals surface area contributed by atoms with Gasteiger partial charge in [-0.2, -0.15) is 0 Å². The SMILES string of the molecule is Cc1ccc2c(c1)Oc1ncn(C34CC5CC(CC(C5)C3)C4)c(=N)c1C2c1cccc([N+](=O)[O-])c1. The first-order valence-electron chi connectivity index (χ1n) is 12.6. The van der Waals surface area contributed by atoms with Gasteiger partial charge in [0.2, 0.25) is 5.88 Å².